The number of aliphatic imine (C=N–C) groups is 1. The van der Waals surface area contributed by atoms with Crippen LogP contribution in [0, 0.1) is 5.82 Å². The monoisotopic (exact) mass is 566 g/mol. The average molecular weight is 566 g/mol. The predicted octanol–water partition coefficient (Wildman–Crippen LogP) is 4.77. The third-order valence-electron chi connectivity index (χ3n) is 4.50. The van der Waals surface area contributed by atoms with Crippen molar-refractivity contribution in [1.29, 1.82) is 0 Å². The first-order valence-electron chi connectivity index (χ1n) is 10.2. The summed E-state index contributed by atoms with van der Waals surface area (Å²) in [5.74, 6) is 2.11. The summed E-state index contributed by atoms with van der Waals surface area (Å²) >= 11 is 0. The topological polar surface area (TPSA) is 77.0 Å². The molecule has 176 valence electrons. The largest absolute Gasteiger partial charge is 0.493 e. The molecular weight excluding hydrogens is 538 g/mol. The van der Waals surface area contributed by atoms with Crippen LogP contribution in [0.1, 0.15) is 12.5 Å². The number of methoxy groups -OCH3 is 1. The van der Waals surface area contributed by atoms with Crippen LogP contribution in [0.2, 0.25) is 0 Å². The molecule has 0 aliphatic heterocycles. The first-order valence-corrected chi connectivity index (χ1v) is 10.2. The maximum atomic E-state index is 14.4. The van der Waals surface area contributed by atoms with Gasteiger partial charge in [-0.3, -0.25) is 9.98 Å². The Kier molecular flexibility index (Phi) is 10.7. The van der Waals surface area contributed by atoms with Gasteiger partial charge in [-0.1, -0.05) is 18.2 Å². The molecule has 0 saturated carbocycles. The minimum absolute atomic E-state index is 0. The van der Waals surface area contributed by atoms with E-state index in [1.165, 1.54) is 12.3 Å². The maximum absolute atomic E-state index is 14.4. The van der Waals surface area contributed by atoms with Crippen molar-refractivity contribution in [2.24, 2.45) is 4.99 Å². The maximum Gasteiger partial charge on any atom is 0.191 e. The lowest BCUT2D eigenvalue weighted by molar-refractivity contribution is 0.213. The van der Waals surface area contributed by atoms with Gasteiger partial charge in [0.1, 0.15) is 11.9 Å². The summed E-state index contributed by atoms with van der Waals surface area (Å²) in [5, 5.41) is 6.37. The molecule has 0 fully saturated rings. The second kappa shape index (κ2) is 13.5. The van der Waals surface area contributed by atoms with Crippen molar-refractivity contribution in [3.8, 4) is 23.0 Å². The highest BCUT2D eigenvalue weighted by molar-refractivity contribution is 14.0. The van der Waals surface area contributed by atoms with Crippen LogP contribution in [0.25, 0.3) is 0 Å². The number of rotatable bonds is 9. The van der Waals surface area contributed by atoms with Gasteiger partial charge < -0.3 is 24.8 Å². The van der Waals surface area contributed by atoms with E-state index in [2.05, 4.69) is 20.6 Å². The van der Waals surface area contributed by atoms with Crippen molar-refractivity contribution in [3.05, 3.63) is 78.4 Å². The second-order valence-corrected chi connectivity index (χ2v) is 6.94. The van der Waals surface area contributed by atoms with Gasteiger partial charge in [0.25, 0.3) is 0 Å². The lowest BCUT2D eigenvalue weighted by atomic mass is 10.2. The molecule has 0 radical (unpaired) electrons. The van der Waals surface area contributed by atoms with Crippen molar-refractivity contribution in [2.45, 2.75) is 19.6 Å². The van der Waals surface area contributed by atoms with Crippen molar-refractivity contribution in [3.63, 3.8) is 0 Å². The molecule has 0 aliphatic rings. The number of nitrogens with zero attached hydrogens (tertiary/aromatic N) is 2. The van der Waals surface area contributed by atoms with Crippen LogP contribution in [0.4, 0.5) is 4.39 Å². The summed E-state index contributed by atoms with van der Waals surface area (Å²) in [4.78, 5) is 8.16. The number of aromatic nitrogens is 1. The fraction of sp³-hybridized carbons (Fsp3) is 0.250. The smallest absolute Gasteiger partial charge is 0.191 e. The van der Waals surface area contributed by atoms with Gasteiger partial charge in [0.15, 0.2) is 29.0 Å². The minimum Gasteiger partial charge on any atom is -0.493 e. The molecule has 1 atom stereocenters. The standard InChI is InChI=1S/C24H27FN4O3.HI/c1-17(31-23-9-5-4-8-22(23)30-3)14-28-24(26-2)29-15-18-10-11-21(20(25)13-18)32-19-7-6-12-27-16-19;/h4-13,16-17H,14-15H2,1-3H3,(H2,26,28,29);1H. The molecule has 3 aromatic rings. The average Bonchev–Trinajstić information content (AvgIpc) is 2.82. The third kappa shape index (κ3) is 8.08. The van der Waals surface area contributed by atoms with E-state index in [9.17, 15) is 4.39 Å². The molecule has 0 amide bonds. The fourth-order valence-corrected chi connectivity index (χ4v) is 2.89. The zero-order valence-corrected chi connectivity index (χ0v) is 21.1. The van der Waals surface area contributed by atoms with E-state index in [1.54, 1.807) is 44.6 Å². The Hall–Kier alpha value is -3.08. The Morgan fingerprint density at radius 2 is 1.85 bits per heavy atom. The van der Waals surface area contributed by atoms with Crippen LogP contribution >= 0.6 is 24.0 Å². The number of nitrogens with one attached hydrogen (secondary N) is 2. The molecule has 1 aromatic heterocycles. The van der Waals surface area contributed by atoms with E-state index in [1.807, 2.05) is 31.2 Å². The van der Waals surface area contributed by atoms with E-state index in [0.717, 1.165) is 5.56 Å². The summed E-state index contributed by atoms with van der Waals surface area (Å²) in [6.45, 7) is 2.86. The Morgan fingerprint density at radius 1 is 1.06 bits per heavy atom. The Labute approximate surface area is 210 Å². The molecule has 0 spiro atoms. The number of benzene rings is 2. The first kappa shape index (κ1) is 26.2. The number of pyridine rings is 1. The van der Waals surface area contributed by atoms with Crippen molar-refractivity contribution in [1.82, 2.24) is 15.6 Å². The Bertz CT molecular complexity index is 1040. The molecule has 2 aromatic carbocycles. The fourth-order valence-electron chi connectivity index (χ4n) is 2.89. The molecule has 2 N–H and O–H groups in total. The number of ether oxygens (including phenoxy) is 3. The van der Waals surface area contributed by atoms with Gasteiger partial charge in [0, 0.05) is 19.8 Å². The Morgan fingerprint density at radius 3 is 2.52 bits per heavy atom. The highest BCUT2D eigenvalue weighted by Crippen LogP contribution is 2.27. The van der Waals surface area contributed by atoms with Crippen molar-refractivity contribution in [2.75, 3.05) is 20.7 Å². The van der Waals surface area contributed by atoms with Crippen molar-refractivity contribution < 1.29 is 18.6 Å². The first-order chi connectivity index (χ1) is 15.6. The van der Waals surface area contributed by atoms with Crippen LogP contribution in [0.15, 0.2) is 72.0 Å². The summed E-state index contributed by atoms with van der Waals surface area (Å²) in [5.41, 5.74) is 0.752. The number of hydrogen-bond acceptors (Lipinski definition) is 5. The van der Waals surface area contributed by atoms with E-state index in [4.69, 9.17) is 14.2 Å². The zero-order chi connectivity index (χ0) is 22.8. The summed E-state index contributed by atoms with van der Waals surface area (Å²) in [6.07, 6.45) is 3.03. The number of para-hydroxylation sites is 2. The Balaban J connectivity index is 0.00000385. The lowest BCUT2D eigenvalue weighted by Crippen LogP contribution is -2.41. The van der Waals surface area contributed by atoms with Gasteiger partial charge in [0.2, 0.25) is 0 Å². The molecule has 33 heavy (non-hydrogen) atoms. The molecule has 0 bridgehead atoms. The van der Waals surface area contributed by atoms with E-state index < -0.39 is 5.82 Å². The molecule has 9 heteroatoms. The van der Waals surface area contributed by atoms with Gasteiger partial charge in [-0.05, 0) is 48.9 Å². The third-order valence-corrected chi connectivity index (χ3v) is 4.50. The second-order valence-electron chi connectivity index (χ2n) is 6.94. The van der Waals surface area contributed by atoms with Crippen LogP contribution in [-0.2, 0) is 6.54 Å². The number of halogens is 2. The molecule has 3 rings (SSSR count). The summed E-state index contributed by atoms with van der Waals surface area (Å²) < 4.78 is 31.2. The molecular formula is C24H28FIN4O3. The van der Waals surface area contributed by atoms with Crippen LogP contribution in [-0.4, -0.2) is 37.7 Å². The van der Waals surface area contributed by atoms with Crippen LogP contribution < -0.4 is 24.8 Å². The molecule has 0 aliphatic carbocycles. The van der Waals surface area contributed by atoms with Crippen LogP contribution in [0.5, 0.6) is 23.0 Å². The predicted molar refractivity (Wildman–Crippen MR) is 137 cm³/mol. The van der Waals surface area contributed by atoms with Crippen molar-refractivity contribution >= 4 is 29.9 Å². The quantitative estimate of drug-likeness (QED) is 0.221. The van der Waals surface area contributed by atoms with Crippen LogP contribution in [0.3, 0.4) is 0 Å². The van der Waals surface area contributed by atoms with Gasteiger partial charge in [0.05, 0.1) is 19.9 Å². The highest BCUT2D eigenvalue weighted by atomic mass is 127. The normalized spacial score (nSPS) is 11.7. The lowest BCUT2D eigenvalue weighted by Gasteiger charge is -2.19. The van der Waals surface area contributed by atoms with Gasteiger partial charge in [-0.25, -0.2) is 4.39 Å². The van der Waals surface area contributed by atoms with E-state index >= 15 is 0 Å². The number of guanidine groups is 1. The molecule has 1 heterocycles. The van der Waals surface area contributed by atoms with Gasteiger partial charge in [-0.15, -0.1) is 24.0 Å². The summed E-state index contributed by atoms with van der Waals surface area (Å²) in [7, 11) is 3.28. The zero-order valence-electron chi connectivity index (χ0n) is 18.7. The van der Waals surface area contributed by atoms with E-state index in [-0.39, 0.29) is 35.8 Å². The molecule has 1 unspecified atom stereocenters. The SMILES string of the molecule is CN=C(NCc1ccc(Oc2cccnc2)c(F)c1)NCC(C)Oc1ccccc1OC.I. The minimum atomic E-state index is -0.449. The highest BCUT2D eigenvalue weighted by Gasteiger charge is 2.10. The number of hydrogen-bond donors (Lipinski definition) is 2. The molecule has 0 saturated heterocycles. The van der Waals surface area contributed by atoms with Gasteiger partial charge in [-0.2, -0.15) is 0 Å². The van der Waals surface area contributed by atoms with Gasteiger partial charge >= 0.3 is 0 Å². The van der Waals surface area contributed by atoms with E-state index in [0.29, 0.717) is 36.3 Å². The summed E-state index contributed by atoms with van der Waals surface area (Å²) in [6, 6.07) is 15.8. The molecule has 7 nitrogen and oxygen atoms in total.